The number of fused-ring (bicyclic) bond motifs is 5. The van der Waals surface area contributed by atoms with Crippen LogP contribution in [0.15, 0.2) is 23.8 Å². The van der Waals surface area contributed by atoms with Crippen molar-refractivity contribution in [3.63, 3.8) is 0 Å². The van der Waals surface area contributed by atoms with Gasteiger partial charge in [-0.2, -0.15) is 0 Å². The predicted molar refractivity (Wildman–Crippen MR) is 107 cm³/mol. The Morgan fingerprint density at radius 1 is 1.22 bits per heavy atom. The molecule has 0 amide bonds. The molecule has 3 fully saturated rings. The van der Waals surface area contributed by atoms with Crippen LogP contribution in [0.4, 0.5) is 4.39 Å². The normalized spacial score (nSPS) is 47.1. The zero-order valence-electron chi connectivity index (χ0n) is 18.1. The van der Waals surface area contributed by atoms with Gasteiger partial charge in [0.1, 0.15) is 6.10 Å². The molecule has 32 heavy (non-hydrogen) atoms. The maximum atomic E-state index is 17.0. The number of allylic oxidation sites excluding steroid dienone is 4. The SMILES string of the molecule is CC(=O)O[C@@H]1C[C@H]2[C@@H]3CCC4=CC(=O)C=C[C@]4(C)C3(F)[C@@H](O)C[C@]2(C)[C@@]1(O)C(=O)C(=O)O. The van der Waals surface area contributed by atoms with Crippen molar-refractivity contribution in [2.45, 2.75) is 69.9 Å². The number of carboxylic acids is 1. The number of alkyl halides is 1. The van der Waals surface area contributed by atoms with E-state index >= 15 is 4.39 Å². The third-order valence-corrected chi connectivity index (χ3v) is 8.68. The molecule has 0 radical (unpaired) electrons. The van der Waals surface area contributed by atoms with Crippen LogP contribution in [0.2, 0.25) is 0 Å². The van der Waals surface area contributed by atoms with Crippen molar-refractivity contribution in [3.8, 4) is 0 Å². The van der Waals surface area contributed by atoms with Crippen molar-refractivity contribution in [2.24, 2.45) is 22.7 Å². The molecule has 4 aliphatic carbocycles. The third-order valence-electron chi connectivity index (χ3n) is 8.68. The van der Waals surface area contributed by atoms with E-state index in [9.17, 15) is 34.5 Å². The van der Waals surface area contributed by atoms with Gasteiger partial charge in [-0.25, -0.2) is 9.18 Å². The number of ketones is 2. The molecule has 174 valence electrons. The molecule has 0 aromatic carbocycles. The number of aliphatic carboxylic acids is 1. The van der Waals surface area contributed by atoms with Crippen LogP contribution in [0.5, 0.6) is 0 Å². The smallest absolute Gasteiger partial charge is 0.375 e. The lowest BCUT2D eigenvalue weighted by Crippen LogP contribution is -2.70. The fourth-order valence-electron chi connectivity index (χ4n) is 7.10. The Morgan fingerprint density at radius 3 is 2.47 bits per heavy atom. The van der Waals surface area contributed by atoms with E-state index in [0.717, 1.165) is 6.92 Å². The number of ether oxygens (including phenoxy) is 1. The number of hydrogen-bond acceptors (Lipinski definition) is 7. The number of carboxylic acid groups (broad SMARTS) is 1. The van der Waals surface area contributed by atoms with Gasteiger partial charge in [0, 0.05) is 23.7 Å². The Morgan fingerprint density at radius 2 is 1.88 bits per heavy atom. The highest BCUT2D eigenvalue weighted by atomic mass is 19.1. The Bertz CT molecular complexity index is 986. The maximum Gasteiger partial charge on any atom is 0.375 e. The molecule has 0 saturated heterocycles. The van der Waals surface area contributed by atoms with Gasteiger partial charge in [0.05, 0.1) is 6.10 Å². The first-order chi connectivity index (χ1) is 14.7. The Hall–Kier alpha value is -2.39. The second-order valence-corrected chi connectivity index (χ2v) is 10.00. The summed E-state index contributed by atoms with van der Waals surface area (Å²) in [5.41, 5.74) is -7.10. The zero-order valence-corrected chi connectivity index (χ0v) is 18.1. The van der Waals surface area contributed by atoms with Crippen molar-refractivity contribution in [1.29, 1.82) is 0 Å². The summed E-state index contributed by atoms with van der Waals surface area (Å²) in [7, 11) is 0. The van der Waals surface area contributed by atoms with Crippen LogP contribution in [0.3, 0.4) is 0 Å². The minimum absolute atomic E-state index is 0.119. The van der Waals surface area contributed by atoms with E-state index in [2.05, 4.69) is 0 Å². The second-order valence-electron chi connectivity index (χ2n) is 10.00. The molecular formula is C23H27FO8. The molecule has 0 aromatic rings. The lowest BCUT2D eigenvalue weighted by molar-refractivity contribution is -0.223. The van der Waals surface area contributed by atoms with Crippen LogP contribution in [0.1, 0.15) is 46.5 Å². The van der Waals surface area contributed by atoms with E-state index in [1.165, 1.54) is 25.2 Å². The molecule has 4 aliphatic rings. The van der Waals surface area contributed by atoms with Gasteiger partial charge in [-0.05, 0) is 50.7 Å². The van der Waals surface area contributed by atoms with Crippen LogP contribution in [-0.2, 0) is 23.9 Å². The average Bonchev–Trinajstić information content (AvgIpc) is 2.91. The zero-order chi connectivity index (χ0) is 23.9. The van der Waals surface area contributed by atoms with Crippen molar-refractivity contribution >= 4 is 23.5 Å². The first-order valence-corrected chi connectivity index (χ1v) is 10.7. The highest BCUT2D eigenvalue weighted by molar-refractivity contribution is 6.36. The van der Waals surface area contributed by atoms with Crippen LogP contribution in [-0.4, -0.2) is 62.3 Å². The Balaban J connectivity index is 1.86. The standard InChI is InChI=1S/C23H27FO8/c1-11(25)32-17-9-15-14-5-4-12-8-13(26)6-7-20(12,2)22(14,24)16(27)10-21(15,3)23(17,31)18(28)19(29)30/h6-8,14-17,27,31H,4-5,9-10H2,1-3H3,(H,29,30)/t14-,15-,16-,17+,20-,21-,22?,23-/m0/s1. The van der Waals surface area contributed by atoms with Crippen LogP contribution < -0.4 is 0 Å². The van der Waals surface area contributed by atoms with E-state index in [1.54, 1.807) is 6.92 Å². The first-order valence-electron chi connectivity index (χ1n) is 10.7. The number of rotatable bonds is 3. The van der Waals surface area contributed by atoms with Gasteiger partial charge < -0.3 is 20.1 Å². The van der Waals surface area contributed by atoms with Gasteiger partial charge in [0.15, 0.2) is 17.1 Å². The van der Waals surface area contributed by atoms with Crippen molar-refractivity contribution < 1.29 is 43.6 Å². The van der Waals surface area contributed by atoms with Gasteiger partial charge in [0.25, 0.3) is 5.78 Å². The molecule has 8 atom stereocenters. The summed E-state index contributed by atoms with van der Waals surface area (Å²) in [6.07, 6.45) is 1.04. The van der Waals surface area contributed by atoms with Gasteiger partial charge in [-0.15, -0.1) is 0 Å². The lowest BCUT2D eigenvalue weighted by Gasteiger charge is -2.62. The van der Waals surface area contributed by atoms with Crippen LogP contribution >= 0.6 is 0 Å². The van der Waals surface area contributed by atoms with Crippen molar-refractivity contribution in [3.05, 3.63) is 23.8 Å². The number of carbonyl (C=O) groups is 4. The molecule has 1 unspecified atom stereocenters. The topological polar surface area (TPSA) is 138 Å². The van der Waals surface area contributed by atoms with E-state index in [0.29, 0.717) is 12.0 Å². The van der Waals surface area contributed by atoms with Crippen molar-refractivity contribution in [2.75, 3.05) is 0 Å². The van der Waals surface area contributed by atoms with Crippen LogP contribution in [0, 0.1) is 22.7 Å². The fourth-order valence-corrected chi connectivity index (χ4v) is 7.10. The molecule has 0 bridgehead atoms. The number of esters is 1. The molecule has 8 nitrogen and oxygen atoms in total. The third kappa shape index (κ3) is 2.55. The number of aliphatic hydroxyl groups is 2. The Kier molecular flexibility index (Phi) is 4.85. The monoisotopic (exact) mass is 450 g/mol. The van der Waals surface area contributed by atoms with Gasteiger partial charge in [-0.1, -0.05) is 18.6 Å². The van der Waals surface area contributed by atoms with Gasteiger partial charge in [-0.3, -0.25) is 14.4 Å². The summed E-state index contributed by atoms with van der Waals surface area (Å²) < 4.78 is 22.2. The predicted octanol–water partition coefficient (Wildman–Crippen LogP) is 1.28. The summed E-state index contributed by atoms with van der Waals surface area (Å²) >= 11 is 0. The summed E-state index contributed by atoms with van der Waals surface area (Å²) in [6, 6.07) is 0. The number of carbonyl (C=O) groups excluding carboxylic acids is 3. The molecule has 4 rings (SSSR count). The van der Waals surface area contributed by atoms with Crippen LogP contribution in [0.25, 0.3) is 0 Å². The first kappa shape index (κ1) is 22.8. The number of Topliss-reactive ketones (excluding diaryl/α,β-unsaturated/α-hetero) is 1. The largest absolute Gasteiger partial charge is 0.475 e. The lowest BCUT2D eigenvalue weighted by atomic mass is 9.44. The molecule has 9 heteroatoms. The highest BCUT2D eigenvalue weighted by Gasteiger charge is 2.77. The second kappa shape index (κ2) is 6.81. The summed E-state index contributed by atoms with van der Waals surface area (Å²) in [5.74, 6) is -6.13. The average molecular weight is 450 g/mol. The van der Waals surface area contributed by atoms with Gasteiger partial charge in [0.2, 0.25) is 0 Å². The molecule has 0 spiro atoms. The van der Waals surface area contributed by atoms with E-state index in [-0.39, 0.29) is 18.6 Å². The number of hydrogen-bond donors (Lipinski definition) is 3. The maximum absolute atomic E-state index is 17.0. The summed E-state index contributed by atoms with van der Waals surface area (Å²) in [4.78, 5) is 47.9. The molecular weight excluding hydrogens is 423 g/mol. The minimum atomic E-state index is -2.62. The Labute approximate surface area is 184 Å². The minimum Gasteiger partial charge on any atom is -0.475 e. The van der Waals surface area contributed by atoms with E-state index in [4.69, 9.17) is 4.74 Å². The van der Waals surface area contributed by atoms with Crippen molar-refractivity contribution in [1.82, 2.24) is 0 Å². The van der Waals surface area contributed by atoms with E-state index in [1.807, 2.05) is 0 Å². The molecule has 3 N–H and O–H groups in total. The fraction of sp³-hybridized carbons (Fsp3) is 0.652. The quantitative estimate of drug-likeness (QED) is 0.432. The molecule has 0 aliphatic heterocycles. The number of aliphatic hydroxyl groups excluding tert-OH is 1. The molecule has 0 aromatic heterocycles. The molecule has 3 saturated carbocycles. The highest BCUT2D eigenvalue weighted by Crippen LogP contribution is 2.70. The van der Waals surface area contributed by atoms with Gasteiger partial charge >= 0.3 is 11.9 Å². The summed E-state index contributed by atoms with van der Waals surface area (Å²) in [6.45, 7) is 4.15. The molecule has 0 heterocycles. The summed E-state index contributed by atoms with van der Waals surface area (Å²) in [5, 5.41) is 32.1. The van der Waals surface area contributed by atoms with E-state index < -0.39 is 70.3 Å². The number of halogens is 1.